The van der Waals surface area contributed by atoms with Gasteiger partial charge >= 0.3 is 0 Å². The quantitative estimate of drug-likeness (QED) is 0.566. The molecule has 1 heteroatoms. The minimum absolute atomic E-state index is 0.618. The molecule has 0 N–H and O–H groups in total. The van der Waals surface area contributed by atoms with Crippen LogP contribution in [0.3, 0.4) is 0 Å². The van der Waals surface area contributed by atoms with Crippen molar-refractivity contribution in [2.45, 2.75) is 39.2 Å². The molecule has 0 radical (unpaired) electrons. The van der Waals surface area contributed by atoms with Crippen molar-refractivity contribution >= 4 is 0 Å². The normalized spacial score (nSPS) is 20.3. The van der Waals surface area contributed by atoms with Crippen LogP contribution >= 0.6 is 0 Å². The fourth-order valence-electron chi connectivity index (χ4n) is 0.866. The van der Waals surface area contributed by atoms with Crippen LogP contribution in [0.15, 0.2) is 0 Å². The molecule has 0 unspecified atom stereocenters. The fourth-order valence-corrected chi connectivity index (χ4v) is 0.866. The molecule has 0 aliphatic heterocycles. The lowest BCUT2D eigenvalue weighted by molar-refractivity contribution is -0.0106. The number of hydrogen-bond donors (Lipinski definition) is 0. The van der Waals surface area contributed by atoms with E-state index < -0.39 is 0 Å². The molecule has 0 aromatic carbocycles. The van der Waals surface area contributed by atoms with Gasteiger partial charge in [-0.3, -0.25) is 0 Å². The fraction of sp³-hybridized carbons (Fsp3) is 1.00. The Balaban J connectivity index is 1.91. The predicted octanol–water partition coefficient (Wildman–Crippen LogP) is 2.21. The Kier molecular flexibility index (Phi) is 2.52. The van der Waals surface area contributed by atoms with Crippen LogP contribution in [0.4, 0.5) is 0 Å². The summed E-state index contributed by atoms with van der Waals surface area (Å²) < 4.78 is 5.54. The van der Waals surface area contributed by atoms with Crippen LogP contribution in [-0.2, 0) is 4.74 Å². The van der Waals surface area contributed by atoms with Crippen LogP contribution in [0.1, 0.15) is 33.1 Å². The zero-order valence-electron chi connectivity index (χ0n) is 6.39. The van der Waals surface area contributed by atoms with E-state index in [0.29, 0.717) is 12.0 Å². The summed E-state index contributed by atoms with van der Waals surface area (Å²) in [5, 5.41) is 0. The van der Waals surface area contributed by atoms with Gasteiger partial charge in [0.1, 0.15) is 0 Å². The molecule has 1 saturated carbocycles. The summed E-state index contributed by atoms with van der Waals surface area (Å²) in [4.78, 5) is 0. The second kappa shape index (κ2) is 3.21. The molecule has 1 aliphatic carbocycles. The van der Waals surface area contributed by atoms with Crippen LogP contribution < -0.4 is 0 Å². The summed E-state index contributed by atoms with van der Waals surface area (Å²) in [5.41, 5.74) is 0. The Morgan fingerprint density at radius 2 is 2.11 bits per heavy atom. The number of hydrogen-bond acceptors (Lipinski definition) is 1. The highest BCUT2D eigenvalue weighted by molar-refractivity contribution is 4.68. The molecule has 0 spiro atoms. The Morgan fingerprint density at radius 1 is 1.44 bits per heavy atom. The lowest BCUT2D eigenvalue weighted by atomic mass is 9.96. The van der Waals surface area contributed by atoms with E-state index in [-0.39, 0.29) is 0 Å². The van der Waals surface area contributed by atoms with Gasteiger partial charge in [-0.15, -0.1) is 0 Å². The van der Waals surface area contributed by atoms with Gasteiger partial charge in [-0.05, 0) is 25.2 Å². The van der Waals surface area contributed by atoms with E-state index in [4.69, 9.17) is 4.74 Å². The molecule has 1 rings (SSSR count). The summed E-state index contributed by atoms with van der Waals surface area (Å²) in [6.45, 7) is 5.34. The van der Waals surface area contributed by atoms with E-state index >= 15 is 0 Å². The Morgan fingerprint density at radius 3 is 2.44 bits per heavy atom. The minimum atomic E-state index is 0.618. The molecular weight excluding hydrogens is 112 g/mol. The average Bonchev–Trinajstić information content (AvgIpc) is 1.60. The largest absolute Gasteiger partial charge is 0.378 e. The van der Waals surface area contributed by atoms with Crippen LogP contribution in [0.25, 0.3) is 0 Å². The molecule has 0 amide bonds. The van der Waals surface area contributed by atoms with Crippen molar-refractivity contribution < 1.29 is 4.74 Å². The van der Waals surface area contributed by atoms with Crippen LogP contribution in [0.5, 0.6) is 0 Å². The summed E-state index contributed by atoms with van der Waals surface area (Å²) >= 11 is 0. The molecule has 0 aromatic heterocycles. The first-order valence-electron chi connectivity index (χ1n) is 3.90. The van der Waals surface area contributed by atoms with Crippen molar-refractivity contribution in [3.05, 3.63) is 0 Å². The third-order valence-corrected chi connectivity index (χ3v) is 1.72. The summed E-state index contributed by atoms with van der Waals surface area (Å²) in [6, 6.07) is 0. The molecule has 0 saturated heterocycles. The first kappa shape index (κ1) is 7.07. The van der Waals surface area contributed by atoms with Gasteiger partial charge in [-0.1, -0.05) is 13.8 Å². The van der Waals surface area contributed by atoms with Crippen LogP contribution in [0, 0.1) is 5.92 Å². The SMILES string of the molecule is CC(C)COC1CCC1. The van der Waals surface area contributed by atoms with Crippen LogP contribution in [-0.4, -0.2) is 12.7 Å². The first-order valence-corrected chi connectivity index (χ1v) is 3.90. The monoisotopic (exact) mass is 128 g/mol. The topological polar surface area (TPSA) is 9.23 Å². The van der Waals surface area contributed by atoms with Gasteiger partial charge in [0.05, 0.1) is 6.10 Å². The van der Waals surface area contributed by atoms with Crippen molar-refractivity contribution in [1.29, 1.82) is 0 Å². The highest BCUT2D eigenvalue weighted by Crippen LogP contribution is 2.22. The molecule has 1 fully saturated rings. The highest BCUT2D eigenvalue weighted by Gasteiger charge is 2.17. The van der Waals surface area contributed by atoms with Crippen molar-refractivity contribution in [2.75, 3.05) is 6.61 Å². The maximum atomic E-state index is 5.54. The minimum Gasteiger partial charge on any atom is -0.378 e. The smallest absolute Gasteiger partial charge is 0.0575 e. The van der Waals surface area contributed by atoms with E-state index in [1.165, 1.54) is 19.3 Å². The Hall–Kier alpha value is -0.0400. The van der Waals surface area contributed by atoms with E-state index in [0.717, 1.165) is 6.61 Å². The van der Waals surface area contributed by atoms with Gasteiger partial charge in [0.15, 0.2) is 0 Å². The third kappa shape index (κ3) is 2.35. The average molecular weight is 128 g/mol. The molecule has 1 nitrogen and oxygen atoms in total. The van der Waals surface area contributed by atoms with E-state index in [2.05, 4.69) is 13.8 Å². The van der Waals surface area contributed by atoms with E-state index in [1.807, 2.05) is 0 Å². The third-order valence-electron chi connectivity index (χ3n) is 1.72. The molecule has 54 valence electrons. The molecule has 0 bridgehead atoms. The lowest BCUT2D eigenvalue weighted by Gasteiger charge is -2.26. The molecule has 9 heavy (non-hydrogen) atoms. The zero-order valence-corrected chi connectivity index (χ0v) is 6.39. The van der Waals surface area contributed by atoms with Gasteiger partial charge in [-0.2, -0.15) is 0 Å². The van der Waals surface area contributed by atoms with E-state index in [1.54, 1.807) is 0 Å². The molecular formula is C8H16O. The van der Waals surface area contributed by atoms with Crippen molar-refractivity contribution in [1.82, 2.24) is 0 Å². The Bertz CT molecular complexity index is 74.6. The summed E-state index contributed by atoms with van der Waals surface area (Å²) in [7, 11) is 0. The summed E-state index contributed by atoms with van der Waals surface area (Å²) in [5.74, 6) is 0.700. The van der Waals surface area contributed by atoms with Crippen molar-refractivity contribution in [2.24, 2.45) is 5.92 Å². The Labute approximate surface area is 57.4 Å². The first-order chi connectivity index (χ1) is 4.29. The maximum absolute atomic E-state index is 5.54. The summed E-state index contributed by atoms with van der Waals surface area (Å²) in [6.07, 6.45) is 4.59. The van der Waals surface area contributed by atoms with Gasteiger partial charge in [0.25, 0.3) is 0 Å². The van der Waals surface area contributed by atoms with Gasteiger partial charge in [0, 0.05) is 6.61 Å². The molecule has 1 aliphatic rings. The van der Waals surface area contributed by atoms with E-state index in [9.17, 15) is 0 Å². The number of ether oxygens (including phenoxy) is 1. The highest BCUT2D eigenvalue weighted by atomic mass is 16.5. The second-order valence-electron chi connectivity index (χ2n) is 3.28. The van der Waals surface area contributed by atoms with Crippen LogP contribution in [0.2, 0.25) is 0 Å². The molecule has 0 atom stereocenters. The van der Waals surface area contributed by atoms with Gasteiger partial charge in [0.2, 0.25) is 0 Å². The predicted molar refractivity (Wildman–Crippen MR) is 38.4 cm³/mol. The maximum Gasteiger partial charge on any atom is 0.0575 e. The standard InChI is InChI=1S/C8H16O/c1-7(2)6-9-8-4-3-5-8/h7-8H,3-6H2,1-2H3. The van der Waals surface area contributed by atoms with Gasteiger partial charge in [-0.25, -0.2) is 0 Å². The number of rotatable bonds is 3. The second-order valence-corrected chi connectivity index (χ2v) is 3.28. The molecule has 0 heterocycles. The molecule has 0 aromatic rings. The van der Waals surface area contributed by atoms with Crippen molar-refractivity contribution in [3.63, 3.8) is 0 Å². The zero-order chi connectivity index (χ0) is 6.69. The van der Waals surface area contributed by atoms with Crippen molar-refractivity contribution in [3.8, 4) is 0 Å². The van der Waals surface area contributed by atoms with Gasteiger partial charge < -0.3 is 4.74 Å². The lowest BCUT2D eigenvalue weighted by Crippen LogP contribution is -2.23.